The zero-order valence-electron chi connectivity index (χ0n) is 13.4. The molecule has 2 aromatic rings. The first-order valence-electron chi connectivity index (χ1n) is 7.87. The van der Waals surface area contributed by atoms with Crippen molar-refractivity contribution in [2.24, 2.45) is 4.99 Å². The van der Waals surface area contributed by atoms with E-state index in [9.17, 15) is 13.2 Å². The first-order chi connectivity index (χ1) is 11.9. The maximum absolute atomic E-state index is 13.0. The van der Waals surface area contributed by atoms with Crippen LogP contribution in [0.25, 0.3) is 5.95 Å². The van der Waals surface area contributed by atoms with E-state index in [1.54, 1.807) is 12.4 Å². The molecule has 6 nitrogen and oxygen atoms in total. The minimum absolute atomic E-state index is 0.0919. The van der Waals surface area contributed by atoms with Crippen molar-refractivity contribution in [3.05, 3.63) is 42.1 Å². The third-order valence-corrected chi connectivity index (χ3v) is 4.14. The fraction of sp³-hybridized carbons (Fsp3) is 0.375. The lowest BCUT2D eigenvalue weighted by Crippen LogP contribution is -2.21. The first-order valence-corrected chi connectivity index (χ1v) is 7.87. The van der Waals surface area contributed by atoms with Crippen molar-refractivity contribution >= 4 is 11.4 Å². The van der Waals surface area contributed by atoms with Gasteiger partial charge in [0.1, 0.15) is 6.67 Å². The third kappa shape index (κ3) is 3.13. The number of hydrogen-bond acceptors (Lipinski definition) is 5. The molecule has 130 valence electrons. The molecule has 2 aliphatic rings. The van der Waals surface area contributed by atoms with Crippen LogP contribution < -0.4 is 4.90 Å². The van der Waals surface area contributed by atoms with Crippen molar-refractivity contribution in [2.75, 3.05) is 11.6 Å². The number of anilines is 1. The van der Waals surface area contributed by atoms with E-state index in [2.05, 4.69) is 20.1 Å². The topological polar surface area (TPSA) is 59.2 Å². The Kier molecular flexibility index (Phi) is 3.59. The maximum Gasteiger partial charge on any atom is 0.435 e. The van der Waals surface area contributed by atoms with Gasteiger partial charge in [0.25, 0.3) is 5.95 Å². The summed E-state index contributed by atoms with van der Waals surface area (Å²) in [6.45, 7) is 2.36. The second-order valence-electron chi connectivity index (χ2n) is 6.11. The van der Waals surface area contributed by atoms with Gasteiger partial charge in [-0.05, 0) is 31.9 Å². The molecule has 0 aromatic carbocycles. The van der Waals surface area contributed by atoms with E-state index in [0.717, 1.165) is 24.6 Å². The molecule has 1 saturated carbocycles. The van der Waals surface area contributed by atoms with Crippen molar-refractivity contribution in [1.82, 2.24) is 19.7 Å². The van der Waals surface area contributed by atoms with Crippen LogP contribution in [-0.2, 0) is 6.18 Å². The molecule has 0 atom stereocenters. The average molecular weight is 348 g/mol. The molecule has 1 aliphatic heterocycles. The van der Waals surface area contributed by atoms with Crippen molar-refractivity contribution in [2.45, 2.75) is 31.9 Å². The zero-order chi connectivity index (χ0) is 17.6. The van der Waals surface area contributed by atoms with Crippen molar-refractivity contribution in [3.8, 4) is 5.95 Å². The minimum atomic E-state index is -4.48. The van der Waals surface area contributed by atoms with Crippen molar-refractivity contribution in [3.63, 3.8) is 0 Å². The molecule has 2 aromatic heterocycles. The number of alkyl halides is 3. The Labute approximate surface area is 141 Å². The number of aliphatic imine (C=N–C) groups is 1. The van der Waals surface area contributed by atoms with Gasteiger partial charge in [-0.2, -0.15) is 18.3 Å². The molecule has 0 N–H and O–H groups in total. The smallest absolute Gasteiger partial charge is 0.325 e. The van der Waals surface area contributed by atoms with Crippen LogP contribution in [0, 0.1) is 0 Å². The van der Waals surface area contributed by atoms with Gasteiger partial charge in [0.2, 0.25) is 0 Å². The molecular formula is C16H15F3N6. The number of aromatic nitrogens is 4. The molecule has 0 amide bonds. The normalized spacial score (nSPS) is 17.8. The number of hydrogen-bond donors (Lipinski definition) is 0. The van der Waals surface area contributed by atoms with Gasteiger partial charge in [0.15, 0.2) is 5.69 Å². The van der Waals surface area contributed by atoms with Crippen LogP contribution in [0.2, 0.25) is 0 Å². The van der Waals surface area contributed by atoms with Crippen LogP contribution >= 0.6 is 0 Å². The van der Waals surface area contributed by atoms with E-state index in [1.807, 2.05) is 24.1 Å². The highest BCUT2D eigenvalue weighted by atomic mass is 19.4. The van der Waals surface area contributed by atoms with Crippen LogP contribution in [-0.4, -0.2) is 32.1 Å². The van der Waals surface area contributed by atoms with Gasteiger partial charge in [-0.15, -0.1) is 0 Å². The summed E-state index contributed by atoms with van der Waals surface area (Å²) in [5.74, 6) is 0.232. The van der Waals surface area contributed by atoms with Crippen LogP contribution in [0.3, 0.4) is 0 Å². The van der Waals surface area contributed by atoms with Crippen LogP contribution in [0.15, 0.2) is 35.7 Å². The fourth-order valence-electron chi connectivity index (χ4n) is 2.59. The summed E-state index contributed by atoms with van der Waals surface area (Å²) in [7, 11) is 0. The summed E-state index contributed by atoms with van der Waals surface area (Å²) in [5, 5.41) is 3.68. The second-order valence-corrected chi connectivity index (χ2v) is 6.11. The lowest BCUT2D eigenvalue weighted by molar-refractivity contribution is -0.141. The Bertz CT molecular complexity index is 846. The number of allylic oxidation sites excluding steroid dienone is 1. The minimum Gasteiger partial charge on any atom is -0.325 e. The van der Waals surface area contributed by atoms with Gasteiger partial charge in [-0.1, -0.05) is 0 Å². The van der Waals surface area contributed by atoms with E-state index in [-0.39, 0.29) is 11.9 Å². The van der Waals surface area contributed by atoms with Crippen molar-refractivity contribution in [1.29, 1.82) is 0 Å². The SMILES string of the molecule is CC1=NCN(c2cnc(-n3nc(C(F)(F)F)cc3C3CC3)nc2)C=C1. The molecule has 0 bridgehead atoms. The van der Waals surface area contributed by atoms with E-state index in [4.69, 9.17) is 0 Å². The monoisotopic (exact) mass is 348 g/mol. The Hall–Kier alpha value is -2.71. The summed E-state index contributed by atoms with van der Waals surface area (Å²) in [5.41, 5.74) is 1.25. The lowest BCUT2D eigenvalue weighted by Gasteiger charge is -2.20. The third-order valence-electron chi connectivity index (χ3n) is 4.14. The van der Waals surface area contributed by atoms with Crippen LogP contribution in [0.4, 0.5) is 18.9 Å². The highest BCUT2D eigenvalue weighted by Crippen LogP contribution is 2.42. The highest BCUT2D eigenvalue weighted by molar-refractivity contribution is 5.94. The Morgan fingerprint density at radius 3 is 2.44 bits per heavy atom. The van der Waals surface area contributed by atoms with E-state index in [0.29, 0.717) is 18.1 Å². The molecule has 9 heteroatoms. The zero-order valence-corrected chi connectivity index (χ0v) is 13.4. The summed E-state index contributed by atoms with van der Waals surface area (Å²) >= 11 is 0. The van der Waals surface area contributed by atoms with Crippen molar-refractivity contribution < 1.29 is 13.2 Å². The molecule has 0 spiro atoms. The summed E-state index contributed by atoms with van der Waals surface area (Å²) in [6, 6.07) is 1.10. The average Bonchev–Trinajstić information content (AvgIpc) is 3.33. The van der Waals surface area contributed by atoms with Gasteiger partial charge >= 0.3 is 6.18 Å². The van der Waals surface area contributed by atoms with Gasteiger partial charge in [0, 0.05) is 17.8 Å². The Morgan fingerprint density at radius 1 is 1.16 bits per heavy atom. The van der Waals surface area contributed by atoms with E-state index < -0.39 is 11.9 Å². The van der Waals surface area contributed by atoms with Gasteiger partial charge < -0.3 is 4.90 Å². The van der Waals surface area contributed by atoms with E-state index >= 15 is 0 Å². The maximum atomic E-state index is 13.0. The first kappa shape index (κ1) is 15.8. The van der Waals surface area contributed by atoms with Gasteiger partial charge in [-0.25, -0.2) is 14.6 Å². The Balaban J connectivity index is 1.64. The summed E-state index contributed by atoms with van der Waals surface area (Å²) < 4.78 is 40.1. The predicted molar refractivity (Wildman–Crippen MR) is 85.7 cm³/mol. The largest absolute Gasteiger partial charge is 0.435 e. The molecule has 25 heavy (non-hydrogen) atoms. The molecular weight excluding hydrogens is 333 g/mol. The summed E-state index contributed by atoms with van der Waals surface area (Å²) in [4.78, 5) is 14.6. The van der Waals surface area contributed by atoms with Crippen LogP contribution in [0.1, 0.15) is 37.1 Å². The van der Waals surface area contributed by atoms with Gasteiger partial charge in [0.05, 0.1) is 23.8 Å². The fourth-order valence-corrected chi connectivity index (χ4v) is 2.59. The van der Waals surface area contributed by atoms with E-state index in [1.165, 1.54) is 4.68 Å². The molecule has 3 heterocycles. The Morgan fingerprint density at radius 2 is 1.88 bits per heavy atom. The number of rotatable bonds is 3. The predicted octanol–water partition coefficient (Wildman–Crippen LogP) is 3.31. The van der Waals surface area contributed by atoms with Crippen LogP contribution in [0.5, 0.6) is 0 Å². The highest BCUT2D eigenvalue weighted by Gasteiger charge is 2.38. The second kappa shape index (κ2) is 5.68. The quantitative estimate of drug-likeness (QED) is 0.854. The number of halogens is 3. The number of nitrogens with zero attached hydrogens (tertiary/aromatic N) is 6. The lowest BCUT2D eigenvalue weighted by atomic mass is 10.2. The molecule has 1 fully saturated rings. The van der Waals surface area contributed by atoms with Gasteiger partial charge in [-0.3, -0.25) is 4.99 Å². The molecule has 4 rings (SSSR count). The summed E-state index contributed by atoms with van der Waals surface area (Å²) in [6.07, 6.45) is 4.10. The molecule has 0 saturated heterocycles. The molecule has 1 aliphatic carbocycles. The standard InChI is InChI=1S/C16H15F3N6/c1-10-4-5-24(9-22-10)12-7-20-15(21-8-12)25-13(11-2-3-11)6-14(23-25)16(17,18)19/h4-8,11H,2-3,9H2,1H3. The molecule has 0 unspecified atom stereocenters. The molecule has 0 radical (unpaired) electrons.